The molecule has 2 nitrogen and oxygen atoms in total. The molecule has 1 aromatic rings. The van der Waals surface area contributed by atoms with E-state index in [4.69, 9.17) is 0 Å². The molecule has 0 saturated carbocycles. The van der Waals surface area contributed by atoms with E-state index in [0.717, 1.165) is 19.5 Å². The van der Waals surface area contributed by atoms with Crippen LogP contribution in [0.1, 0.15) is 36.0 Å². The van der Waals surface area contributed by atoms with Gasteiger partial charge in [-0.05, 0) is 56.0 Å². The van der Waals surface area contributed by atoms with Crippen molar-refractivity contribution in [3.05, 3.63) is 47.8 Å². The first kappa shape index (κ1) is 13.5. The van der Waals surface area contributed by atoms with E-state index < -0.39 is 0 Å². The molecule has 2 atom stereocenters. The Labute approximate surface area is 119 Å². The summed E-state index contributed by atoms with van der Waals surface area (Å²) >= 11 is 0. The van der Waals surface area contributed by atoms with Crippen molar-refractivity contribution in [1.29, 1.82) is 0 Å². The molecular formula is C17H20FNO. The van der Waals surface area contributed by atoms with Gasteiger partial charge in [0.05, 0.1) is 0 Å². The molecule has 106 valence electrons. The highest BCUT2D eigenvalue weighted by Gasteiger charge is 2.28. The fourth-order valence-corrected chi connectivity index (χ4v) is 3.24. The van der Waals surface area contributed by atoms with Crippen LogP contribution >= 0.6 is 0 Å². The highest BCUT2D eigenvalue weighted by atomic mass is 19.1. The summed E-state index contributed by atoms with van der Waals surface area (Å²) in [5, 5.41) is 0. The second-order valence-electron chi connectivity index (χ2n) is 5.82. The number of hydrogen-bond donors (Lipinski definition) is 0. The van der Waals surface area contributed by atoms with Gasteiger partial charge in [-0.1, -0.05) is 12.2 Å². The zero-order chi connectivity index (χ0) is 13.9. The van der Waals surface area contributed by atoms with E-state index in [-0.39, 0.29) is 11.6 Å². The van der Waals surface area contributed by atoms with Gasteiger partial charge in [0.2, 0.25) is 0 Å². The minimum absolute atomic E-state index is 0.114. The quantitative estimate of drug-likeness (QED) is 0.605. The maximum atomic E-state index is 12.8. The summed E-state index contributed by atoms with van der Waals surface area (Å²) in [7, 11) is 0. The minimum Gasteiger partial charge on any atom is -0.296 e. The zero-order valence-corrected chi connectivity index (χ0v) is 11.6. The van der Waals surface area contributed by atoms with Crippen LogP contribution in [0.15, 0.2) is 36.4 Å². The Morgan fingerprint density at radius 1 is 1.20 bits per heavy atom. The number of fused-ring (bicyclic) bond motifs is 2. The largest absolute Gasteiger partial charge is 0.296 e. The number of Topliss-reactive ketones (excluding diaryl/α,β-unsaturated/α-hetero) is 1. The van der Waals surface area contributed by atoms with Crippen LogP contribution in [0.5, 0.6) is 0 Å². The predicted molar refractivity (Wildman–Crippen MR) is 77.2 cm³/mol. The van der Waals surface area contributed by atoms with Gasteiger partial charge in [-0.25, -0.2) is 4.39 Å². The normalized spacial score (nSPS) is 25.1. The van der Waals surface area contributed by atoms with Gasteiger partial charge in [-0.3, -0.25) is 9.69 Å². The van der Waals surface area contributed by atoms with Crippen molar-refractivity contribution < 1.29 is 9.18 Å². The molecule has 0 amide bonds. The lowest BCUT2D eigenvalue weighted by Crippen LogP contribution is -2.45. The van der Waals surface area contributed by atoms with Gasteiger partial charge in [0.25, 0.3) is 0 Å². The van der Waals surface area contributed by atoms with Gasteiger partial charge in [0.1, 0.15) is 5.82 Å². The minimum atomic E-state index is -0.294. The number of ketones is 1. The van der Waals surface area contributed by atoms with Crippen molar-refractivity contribution >= 4 is 5.78 Å². The van der Waals surface area contributed by atoms with E-state index in [1.807, 2.05) is 0 Å². The number of nitrogens with zero attached hydrogens (tertiary/aromatic N) is 1. The summed E-state index contributed by atoms with van der Waals surface area (Å²) in [5.41, 5.74) is 0.617. The van der Waals surface area contributed by atoms with E-state index in [2.05, 4.69) is 17.1 Å². The predicted octanol–water partition coefficient (Wildman–Crippen LogP) is 3.44. The van der Waals surface area contributed by atoms with Crippen molar-refractivity contribution in [2.24, 2.45) is 5.92 Å². The molecule has 4 rings (SSSR count). The van der Waals surface area contributed by atoms with E-state index in [9.17, 15) is 9.18 Å². The average molecular weight is 273 g/mol. The van der Waals surface area contributed by atoms with Crippen LogP contribution in [-0.2, 0) is 0 Å². The molecule has 3 heteroatoms. The van der Waals surface area contributed by atoms with Crippen LogP contribution in [0.3, 0.4) is 0 Å². The number of rotatable bonds is 5. The van der Waals surface area contributed by atoms with Crippen LogP contribution in [0.25, 0.3) is 0 Å². The van der Waals surface area contributed by atoms with Crippen LogP contribution in [0, 0.1) is 11.7 Å². The third-order valence-electron chi connectivity index (χ3n) is 4.39. The van der Waals surface area contributed by atoms with Crippen LogP contribution in [0.2, 0.25) is 0 Å². The molecule has 1 aliphatic carbocycles. The van der Waals surface area contributed by atoms with Crippen LogP contribution in [0.4, 0.5) is 4.39 Å². The Kier molecular flexibility index (Phi) is 3.97. The molecule has 0 spiro atoms. The number of hydrogen-bond acceptors (Lipinski definition) is 2. The molecule has 20 heavy (non-hydrogen) atoms. The zero-order valence-electron chi connectivity index (χ0n) is 11.6. The summed E-state index contributed by atoms with van der Waals surface area (Å²) in [6.45, 7) is 2.13. The standard InChI is InChI=1S/C17H20FNO/c18-15-7-5-14(6-8-15)17(20)2-1-11-19-12-13-3-9-16(19)10-4-13/h3,5-9,13,16H,1-2,4,10-12H2. The number of piperidine rings is 1. The first-order valence-corrected chi connectivity index (χ1v) is 7.43. The Bertz CT molecular complexity index is 508. The Balaban J connectivity index is 1.47. The second-order valence-corrected chi connectivity index (χ2v) is 5.82. The highest BCUT2D eigenvalue weighted by Crippen LogP contribution is 2.29. The van der Waals surface area contributed by atoms with Crippen LogP contribution < -0.4 is 0 Å². The molecule has 1 fully saturated rings. The molecular weight excluding hydrogens is 253 g/mol. The number of benzene rings is 1. The fourth-order valence-electron chi connectivity index (χ4n) is 3.24. The molecule has 3 aliphatic rings. The Morgan fingerprint density at radius 2 is 2.00 bits per heavy atom. The topological polar surface area (TPSA) is 20.3 Å². The summed E-state index contributed by atoms with van der Waals surface area (Å²) < 4.78 is 12.8. The summed E-state index contributed by atoms with van der Waals surface area (Å²) in [4.78, 5) is 14.5. The first-order valence-electron chi connectivity index (χ1n) is 7.43. The molecule has 2 unspecified atom stereocenters. The Morgan fingerprint density at radius 3 is 2.60 bits per heavy atom. The lowest BCUT2D eigenvalue weighted by Gasteiger charge is -2.41. The maximum Gasteiger partial charge on any atom is 0.162 e. The highest BCUT2D eigenvalue weighted by molar-refractivity contribution is 5.95. The van der Waals surface area contributed by atoms with Gasteiger partial charge in [-0.15, -0.1) is 0 Å². The van der Waals surface area contributed by atoms with Crippen molar-refractivity contribution in [2.75, 3.05) is 13.1 Å². The summed E-state index contributed by atoms with van der Waals surface area (Å²) in [6.07, 6.45) is 8.66. The number of carbonyl (C=O) groups excluding carboxylic acids is 1. The van der Waals surface area contributed by atoms with E-state index in [1.165, 1.54) is 25.0 Å². The van der Waals surface area contributed by atoms with Gasteiger partial charge < -0.3 is 0 Å². The molecule has 2 bridgehead atoms. The SMILES string of the molecule is O=C(CCCN1CC2C=CC1CC2)c1ccc(F)cc1. The van der Waals surface area contributed by atoms with Crippen molar-refractivity contribution in [2.45, 2.75) is 31.7 Å². The lowest BCUT2D eigenvalue weighted by molar-refractivity contribution is 0.0957. The summed E-state index contributed by atoms with van der Waals surface area (Å²) in [6, 6.07) is 6.43. The van der Waals surface area contributed by atoms with E-state index in [1.54, 1.807) is 12.1 Å². The van der Waals surface area contributed by atoms with Crippen molar-refractivity contribution in [3.8, 4) is 0 Å². The van der Waals surface area contributed by atoms with Gasteiger partial charge >= 0.3 is 0 Å². The average Bonchev–Trinajstić information content (AvgIpc) is 2.49. The van der Waals surface area contributed by atoms with Crippen LogP contribution in [-0.4, -0.2) is 29.8 Å². The molecule has 2 heterocycles. The molecule has 1 saturated heterocycles. The van der Waals surface area contributed by atoms with E-state index in [0.29, 0.717) is 23.9 Å². The van der Waals surface area contributed by atoms with Crippen molar-refractivity contribution in [1.82, 2.24) is 4.90 Å². The monoisotopic (exact) mass is 273 g/mol. The molecule has 0 aromatic heterocycles. The number of halogens is 1. The first-order chi connectivity index (χ1) is 9.72. The van der Waals surface area contributed by atoms with Gasteiger partial charge in [0.15, 0.2) is 5.78 Å². The molecule has 0 radical (unpaired) electrons. The smallest absolute Gasteiger partial charge is 0.162 e. The van der Waals surface area contributed by atoms with E-state index >= 15 is 0 Å². The molecule has 1 aromatic carbocycles. The van der Waals surface area contributed by atoms with Gasteiger partial charge in [0, 0.05) is 24.6 Å². The summed E-state index contributed by atoms with van der Waals surface area (Å²) in [5.74, 6) is 0.535. The maximum absolute atomic E-state index is 12.8. The third kappa shape index (κ3) is 2.98. The van der Waals surface area contributed by atoms with Crippen molar-refractivity contribution in [3.63, 3.8) is 0 Å². The second kappa shape index (κ2) is 5.88. The molecule has 2 aliphatic heterocycles. The lowest BCUT2D eigenvalue weighted by atomic mass is 9.86. The molecule has 0 N–H and O–H groups in total. The third-order valence-corrected chi connectivity index (χ3v) is 4.39. The van der Waals surface area contributed by atoms with Gasteiger partial charge in [-0.2, -0.15) is 0 Å². The number of carbonyl (C=O) groups is 1. The Hall–Kier alpha value is -1.48. The fraction of sp³-hybridized carbons (Fsp3) is 0.471.